The van der Waals surface area contributed by atoms with Gasteiger partial charge in [0.1, 0.15) is 13.2 Å². The SMILES string of the molecule is CCCCCCCCCCCCCCCCCCCCCC(=O)O[C@@H](COC(=O)CCCCCCCCCCCCCCCCCC)COC(=O)CCCCCCCCCCCCCC(C)C. The standard InChI is InChI=1S/C61H118O6/c1-5-7-9-11-13-15-17-19-21-23-24-25-27-29-33-38-42-46-50-54-61(64)67-58(56-66-60(63)53-49-45-41-37-34-30-31-35-39-43-47-51-57(3)4)55-65-59(62)52-48-44-40-36-32-28-26-22-20-18-16-14-12-10-8-6-2/h57-58H,5-56H2,1-4H3/t58-/m0/s1. The van der Waals surface area contributed by atoms with E-state index in [0.717, 1.165) is 63.7 Å². The third-order valence-electron chi connectivity index (χ3n) is 14.0. The average Bonchev–Trinajstić information content (AvgIpc) is 3.31. The second-order valence-corrected chi connectivity index (χ2v) is 21.5. The van der Waals surface area contributed by atoms with Crippen LogP contribution in [0.3, 0.4) is 0 Å². The van der Waals surface area contributed by atoms with Gasteiger partial charge in [-0.3, -0.25) is 14.4 Å². The number of rotatable bonds is 56. The molecule has 6 heteroatoms. The van der Waals surface area contributed by atoms with E-state index in [1.165, 1.54) is 244 Å². The van der Waals surface area contributed by atoms with E-state index >= 15 is 0 Å². The molecule has 0 saturated carbocycles. The van der Waals surface area contributed by atoms with E-state index in [1.807, 2.05) is 0 Å². The van der Waals surface area contributed by atoms with E-state index in [2.05, 4.69) is 27.7 Å². The highest BCUT2D eigenvalue weighted by Gasteiger charge is 2.19. The average molecular weight is 948 g/mol. The first-order chi connectivity index (χ1) is 32.9. The zero-order valence-electron chi connectivity index (χ0n) is 45.9. The molecule has 398 valence electrons. The van der Waals surface area contributed by atoms with Crippen molar-refractivity contribution in [3.63, 3.8) is 0 Å². The molecule has 0 amide bonds. The van der Waals surface area contributed by atoms with Crippen LogP contribution in [-0.2, 0) is 28.6 Å². The minimum Gasteiger partial charge on any atom is -0.462 e. The van der Waals surface area contributed by atoms with Gasteiger partial charge in [-0.2, -0.15) is 0 Å². The molecule has 6 nitrogen and oxygen atoms in total. The van der Waals surface area contributed by atoms with Crippen LogP contribution in [0.25, 0.3) is 0 Å². The highest BCUT2D eigenvalue weighted by molar-refractivity contribution is 5.71. The lowest BCUT2D eigenvalue weighted by Crippen LogP contribution is -2.30. The summed E-state index contributed by atoms with van der Waals surface area (Å²) in [4.78, 5) is 38.2. The largest absolute Gasteiger partial charge is 0.462 e. The van der Waals surface area contributed by atoms with Crippen molar-refractivity contribution in [2.75, 3.05) is 13.2 Å². The second kappa shape index (κ2) is 55.3. The van der Waals surface area contributed by atoms with Crippen molar-refractivity contribution in [2.45, 2.75) is 355 Å². The molecule has 0 aromatic carbocycles. The Morgan fingerprint density at radius 2 is 0.493 bits per heavy atom. The number of hydrogen-bond donors (Lipinski definition) is 0. The molecular weight excluding hydrogens is 829 g/mol. The summed E-state index contributed by atoms with van der Waals surface area (Å²) < 4.78 is 16.9. The van der Waals surface area contributed by atoms with Gasteiger partial charge in [0.05, 0.1) is 0 Å². The summed E-state index contributed by atoms with van der Waals surface area (Å²) in [5.41, 5.74) is 0. The van der Waals surface area contributed by atoms with E-state index in [4.69, 9.17) is 14.2 Å². The Labute approximate surface area is 418 Å². The van der Waals surface area contributed by atoms with Gasteiger partial charge in [0.25, 0.3) is 0 Å². The number of unbranched alkanes of at least 4 members (excludes halogenated alkanes) is 43. The first-order valence-electron chi connectivity index (χ1n) is 30.4. The van der Waals surface area contributed by atoms with E-state index in [9.17, 15) is 14.4 Å². The van der Waals surface area contributed by atoms with E-state index in [-0.39, 0.29) is 31.1 Å². The summed E-state index contributed by atoms with van der Waals surface area (Å²) >= 11 is 0. The lowest BCUT2D eigenvalue weighted by atomic mass is 10.0. The molecule has 0 rings (SSSR count). The van der Waals surface area contributed by atoms with Crippen LogP contribution in [0.15, 0.2) is 0 Å². The van der Waals surface area contributed by atoms with Crippen LogP contribution in [0.1, 0.15) is 349 Å². The molecule has 0 unspecified atom stereocenters. The fourth-order valence-electron chi connectivity index (χ4n) is 9.46. The summed E-state index contributed by atoms with van der Waals surface area (Å²) in [5, 5.41) is 0. The van der Waals surface area contributed by atoms with E-state index < -0.39 is 6.10 Å². The fourth-order valence-corrected chi connectivity index (χ4v) is 9.46. The first-order valence-corrected chi connectivity index (χ1v) is 30.4. The molecule has 0 radical (unpaired) electrons. The van der Waals surface area contributed by atoms with Gasteiger partial charge in [-0.05, 0) is 25.2 Å². The Morgan fingerprint density at radius 3 is 0.731 bits per heavy atom. The Morgan fingerprint density at radius 1 is 0.284 bits per heavy atom. The van der Waals surface area contributed by atoms with Gasteiger partial charge in [-0.25, -0.2) is 0 Å². The lowest BCUT2D eigenvalue weighted by molar-refractivity contribution is -0.167. The van der Waals surface area contributed by atoms with Gasteiger partial charge in [0, 0.05) is 19.3 Å². The minimum atomic E-state index is -0.762. The molecular formula is C61H118O6. The van der Waals surface area contributed by atoms with Gasteiger partial charge in [0.2, 0.25) is 0 Å². The van der Waals surface area contributed by atoms with Gasteiger partial charge in [-0.15, -0.1) is 0 Å². The Hall–Kier alpha value is -1.59. The summed E-state index contributed by atoms with van der Waals surface area (Å²) in [6, 6.07) is 0. The third kappa shape index (κ3) is 55.2. The number of carbonyl (C=O) groups is 3. The molecule has 0 aromatic heterocycles. The Kier molecular flexibility index (Phi) is 54.0. The highest BCUT2D eigenvalue weighted by Crippen LogP contribution is 2.18. The zero-order valence-corrected chi connectivity index (χ0v) is 45.9. The maximum Gasteiger partial charge on any atom is 0.306 e. The highest BCUT2D eigenvalue weighted by atomic mass is 16.6. The van der Waals surface area contributed by atoms with Gasteiger partial charge >= 0.3 is 17.9 Å². The van der Waals surface area contributed by atoms with Crippen molar-refractivity contribution in [3.05, 3.63) is 0 Å². The van der Waals surface area contributed by atoms with E-state index in [1.54, 1.807) is 0 Å². The quantitative estimate of drug-likeness (QED) is 0.0343. The monoisotopic (exact) mass is 947 g/mol. The van der Waals surface area contributed by atoms with Crippen molar-refractivity contribution < 1.29 is 28.6 Å². The van der Waals surface area contributed by atoms with Crippen molar-refractivity contribution in [3.8, 4) is 0 Å². The lowest BCUT2D eigenvalue weighted by Gasteiger charge is -2.18. The van der Waals surface area contributed by atoms with Crippen LogP contribution >= 0.6 is 0 Å². The predicted octanol–water partition coefficient (Wildman–Crippen LogP) is 20.2. The number of ether oxygens (including phenoxy) is 3. The van der Waals surface area contributed by atoms with Crippen LogP contribution < -0.4 is 0 Å². The van der Waals surface area contributed by atoms with Crippen LogP contribution in [0, 0.1) is 5.92 Å². The third-order valence-corrected chi connectivity index (χ3v) is 14.0. The van der Waals surface area contributed by atoms with E-state index in [0.29, 0.717) is 19.3 Å². The predicted molar refractivity (Wildman–Crippen MR) is 289 cm³/mol. The summed E-state index contributed by atoms with van der Waals surface area (Å²) in [6.45, 7) is 9.06. The molecule has 0 aliphatic carbocycles. The molecule has 0 N–H and O–H groups in total. The maximum atomic E-state index is 12.9. The van der Waals surface area contributed by atoms with Gasteiger partial charge in [-0.1, -0.05) is 310 Å². The normalized spacial score (nSPS) is 12.0. The van der Waals surface area contributed by atoms with Crippen LogP contribution in [0.4, 0.5) is 0 Å². The van der Waals surface area contributed by atoms with Crippen molar-refractivity contribution in [2.24, 2.45) is 5.92 Å². The molecule has 0 heterocycles. The Bertz CT molecular complexity index is 1010. The Balaban J connectivity index is 4.28. The van der Waals surface area contributed by atoms with Gasteiger partial charge in [0.15, 0.2) is 6.10 Å². The minimum absolute atomic E-state index is 0.0617. The fraction of sp³-hybridized carbons (Fsp3) is 0.951. The van der Waals surface area contributed by atoms with Crippen LogP contribution in [0.2, 0.25) is 0 Å². The summed E-state index contributed by atoms with van der Waals surface area (Å²) in [5.74, 6) is -0.00551. The van der Waals surface area contributed by atoms with Crippen molar-refractivity contribution >= 4 is 17.9 Å². The summed E-state index contributed by atoms with van der Waals surface area (Å²) in [7, 11) is 0. The maximum absolute atomic E-state index is 12.9. The molecule has 0 fully saturated rings. The number of hydrogen-bond acceptors (Lipinski definition) is 6. The van der Waals surface area contributed by atoms with Crippen LogP contribution in [0.5, 0.6) is 0 Å². The van der Waals surface area contributed by atoms with Crippen molar-refractivity contribution in [1.82, 2.24) is 0 Å². The van der Waals surface area contributed by atoms with Crippen molar-refractivity contribution in [1.29, 1.82) is 0 Å². The topological polar surface area (TPSA) is 78.9 Å². The molecule has 0 aliphatic rings. The van der Waals surface area contributed by atoms with Gasteiger partial charge < -0.3 is 14.2 Å². The van der Waals surface area contributed by atoms with Crippen LogP contribution in [-0.4, -0.2) is 37.2 Å². The number of carbonyl (C=O) groups excluding carboxylic acids is 3. The smallest absolute Gasteiger partial charge is 0.306 e. The molecule has 67 heavy (non-hydrogen) atoms. The molecule has 0 aliphatic heterocycles. The summed E-state index contributed by atoms with van der Waals surface area (Å²) in [6.07, 6.45) is 61.0. The molecule has 1 atom stereocenters. The molecule has 0 bridgehead atoms. The molecule has 0 saturated heterocycles. The molecule has 0 aromatic rings. The number of esters is 3. The second-order valence-electron chi connectivity index (χ2n) is 21.5. The zero-order chi connectivity index (χ0) is 48.8. The first kappa shape index (κ1) is 65.4. The molecule has 0 spiro atoms.